The van der Waals surface area contributed by atoms with E-state index >= 15 is 0 Å². The number of hydrogen-bond donors (Lipinski definition) is 3. The van der Waals surface area contributed by atoms with E-state index in [1.165, 1.54) is 12.1 Å². The molecule has 1 aliphatic heterocycles. The topological polar surface area (TPSA) is 70.2 Å². The summed E-state index contributed by atoms with van der Waals surface area (Å²) in [6, 6.07) is 10.4. The lowest BCUT2D eigenvalue weighted by molar-refractivity contribution is -0.137. The lowest BCUT2D eigenvalue weighted by Crippen LogP contribution is -2.41. The monoisotopic (exact) mass is 349 g/mol. The van der Waals surface area contributed by atoms with Crippen molar-refractivity contribution in [3.8, 4) is 0 Å². The van der Waals surface area contributed by atoms with Crippen molar-refractivity contribution in [1.29, 1.82) is 0 Å². The van der Waals surface area contributed by atoms with Crippen LogP contribution in [0.15, 0.2) is 48.5 Å². The van der Waals surface area contributed by atoms with Crippen LogP contribution in [0.2, 0.25) is 0 Å². The predicted octanol–water partition coefficient (Wildman–Crippen LogP) is 3.47. The normalized spacial score (nSPS) is 16.4. The number of halogens is 3. The number of amides is 2. The van der Waals surface area contributed by atoms with Crippen LogP contribution in [0.3, 0.4) is 0 Å². The highest BCUT2D eigenvalue weighted by Crippen LogP contribution is 2.30. The molecular formula is C17H14F3N3O2. The van der Waals surface area contributed by atoms with Crippen LogP contribution < -0.4 is 16.0 Å². The molecule has 3 rings (SSSR count). The van der Waals surface area contributed by atoms with Gasteiger partial charge in [-0.2, -0.15) is 13.2 Å². The number of hydrogen-bond acceptors (Lipinski definition) is 3. The zero-order valence-electron chi connectivity index (χ0n) is 12.9. The number of carbonyl (C=O) groups is 2. The molecule has 1 heterocycles. The van der Waals surface area contributed by atoms with Gasteiger partial charge in [-0.1, -0.05) is 12.1 Å². The fourth-order valence-electron chi connectivity index (χ4n) is 2.47. The molecule has 2 amide bonds. The summed E-state index contributed by atoms with van der Waals surface area (Å²) < 4.78 is 37.5. The SMILES string of the molecule is O=C(C[C@@H]1Nc2ccccc2NC1=O)Nc1ccc(C(F)(F)F)cc1. The maximum atomic E-state index is 12.5. The van der Waals surface area contributed by atoms with Crippen molar-refractivity contribution in [2.24, 2.45) is 0 Å². The number of anilines is 3. The van der Waals surface area contributed by atoms with E-state index in [0.717, 1.165) is 12.1 Å². The lowest BCUT2D eigenvalue weighted by atomic mass is 10.1. The van der Waals surface area contributed by atoms with E-state index in [-0.39, 0.29) is 18.0 Å². The summed E-state index contributed by atoms with van der Waals surface area (Å²) in [5.74, 6) is -0.826. The summed E-state index contributed by atoms with van der Waals surface area (Å²) in [6.07, 6.45) is -4.58. The molecule has 8 heteroatoms. The van der Waals surface area contributed by atoms with Crippen molar-refractivity contribution in [3.63, 3.8) is 0 Å². The van der Waals surface area contributed by atoms with Crippen LogP contribution in [0.4, 0.5) is 30.2 Å². The number of nitrogens with one attached hydrogen (secondary N) is 3. The van der Waals surface area contributed by atoms with Gasteiger partial charge in [-0.15, -0.1) is 0 Å². The van der Waals surface area contributed by atoms with Crippen LogP contribution in [-0.4, -0.2) is 17.9 Å². The Morgan fingerprint density at radius 1 is 1.04 bits per heavy atom. The van der Waals surface area contributed by atoms with E-state index in [1.807, 2.05) is 0 Å². The summed E-state index contributed by atoms with van der Waals surface area (Å²) in [7, 11) is 0. The minimum Gasteiger partial charge on any atom is -0.372 e. The summed E-state index contributed by atoms with van der Waals surface area (Å²) in [6.45, 7) is 0. The summed E-state index contributed by atoms with van der Waals surface area (Å²) in [5.41, 5.74) is 0.770. The molecule has 1 aliphatic rings. The average Bonchev–Trinajstić information content (AvgIpc) is 2.55. The number of para-hydroxylation sites is 2. The third-order valence-corrected chi connectivity index (χ3v) is 3.72. The first-order valence-corrected chi connectivity index (χ1v) is 7.46. The molecule has 0 fully saturated rings. The third-order valence-electron chi connectivity index (χ3n) is 3.72. The van der Waals surface area contributed by atoms with E-state index in [2.05, 4.69) is 16.0 Å². The summed E-state index contributed by atoms with van der Waals surface area (Å²) in [4.78, 5) is 24.1. The predicted molar refractivity (Wildman–Crippen MR) is 87.2 cm³/mol. The quantitative estimate of drug-likeness (QED) is 0.795. The molecule has 3 N–H and O–H groups in total. The van der Waals surface area contributed by atoms with E-state index in [9.17, 15) is 22.8 Å². The van der Waals surface area contributed by atoms with Crippen LogP contribution in [0.5, 0.6) is 0 Å². The van der Waals surface area contributed by atoms with Crippen LogP contribution in [-0.2, 0) is 15.8 Å². The van der Waals surface area contributed by atoms with E-state index < -0.39 is 23.7 Å². The van der Waals surface area contributed by atoms with Gasteiger partial charge in [-0.25, -0.2) is 0 Å². The van der Waals surface area contributed by atoms with Gasteiger partial charge in [0.25, 0.3) is 0 Å². The largest absolute Gasteiger partial charge is 0.416 e. The minimum absolute atomic E-state index is 0.152. The van der Waals surface area contributed by atoms with Gasteiger partial charge in [0.15, 0.2) is 0 Å². The van der Waals surface area contributed by atoms with Gasteiger partial charge >= 0.3 is 6.18 Å². The molecule has 1 atom stereocenters. The molecule has 25 heavy (non-hydrogen) atoms. The fourth-order valence-corrected chi connectivity index (χ4v) is 2.47. The molecule has 0 saturated carbocycles. The Morgan fingerprint density at radius 3 is 2.32 bits per heavy atom. The Kier molecular flexibility index (Phi) is 4.35. The van der Waals surface area contributed by atoms with Gasteiger partial charge in [0, 0.05) is 5.69 Å². The van der Waals surface area contributed by atoms with E-state index in [0.29, 0.717) is 11.4 Å². The first-order chi connectivity index (χ1) is 11.8. The molecule has 5 nitrogen and oxygen atoms in total. The standard InChI is InChI=1S/C17H14F3N3O2/c18-17(19,20)10-5-7-11(8-6-10)21-15(24)9-14-16(25)23-13-4-2-1-3-12(13)22-14/h1-8,14,22H,9H2,(H,21,24)(H,23,25)/t14-/m0/s1. The Balaban J connectivity index is 1.62. The molecule has 2 aromatic rings. The first kappa shape index (κ1) is 16.8. The average molecular weight is 349 g/mol. The maximum Gasteiger partial charge on any atom is 0.416 e. The fraction of sp³-hybridized carbons (Fsp3) is 0.176. The molecule has 0 aliphatic carbocycles. The second-order valence-electron chi connectivity index (χ2n) is 5.56. The molecule has 0 unspecified atom stereocenters. The van der Waals surface area contributed by atoms with Crippen molar-refractivity contribution in [2.75, 3.05) is 16.0 Å². The number of fused-ring (bicyclic) bond motifs is 1. The Labute approximate surface area is 141 Å². The van der Waals surface area contributed by atoms with Gasteiger partial charge < -0.3 is 16.0 Å². The molecular weight excluding hydrogens is 335 g/mol. The van der Waals surface area contributed by atoms with Gasteiger partial charge in [0.2, 0.25) is 11.8 Å². The number of carbonyl (C=O) groups excluding carboxylic acids is 2. The van der Waals surface area contributed by atoms with Crippen LogP contribution in [0.1, 0.15) is 12.0 Å². The van der Waals surface area contributed by atoms with Gasteiger partial charge in [-0.05, 0) is 36.4 Å². The van der Waals surface area contributed by atoms with Crippen molar-refractivity contribution in [2.45, 2.75) is 18.6 Å². The van der Waals surface area contributed by atoms with Gasteiger partial charge in [-0.3, -0.25) is 9.59 Å². The number of benzene rings is 2. The van der Waals surface area contributed by atoms with Crippen molar-refractivity contribution < 1.29 is 22.8 Å². The maximum absolute atomic E-state index is 12.5. The van der Waals surface area contributed by atoms with Crippen LogP contribution >= 0.6 is 0 Å². The van der Waals surface area contributed by atoms with Crippen molar-refractivity contribution in [3.05, 3.63) is 54.1 Å². The van der Waals surface area contributed by atoms with Crippen molar-refractivity contribution in [1.82, 2.24) is 0 Å². The zero-order chi connectivity index (χ0) is 18.0. The van der Waals surface area contributed by atoms with Crippen LogP contribution in [0, 0.1) is 0 Å². The summed E-state index contributed by atoms with van der Waals surface area (Å²) in [5, 5.41) is 8.15. The molecule has 2 aromatic carbocycles. The Bertz CT molecular complexity index is 804. The highest BCUT2D eigenvalue weighted by molar-refractivity contribution is 6.06. The second-order valence-corrected chi connectivity index (χ2v) is 5.56. The minimum atomic E-state index is -4.43. The Hall–Kier alpha value is -3.03. The third kappa shape index (κ3) is 3.90. The van der Waals surface area contributed by atoms with Gasteiger partial charge in [0.05, 0.1) is 23.4 Å². The zero-order valence-corrected chi connectivity index (χ0v) is 12.9. The van der Waals surface area contributed by atoms with E-state index in [4.69, 9.17) is 0 Å². The van der Waals surface area contributed by atoms with E-state index in [1.54, 1.807) is 24.3 Å². The molecule has 0 saturated heterocycles. The first-order valence-electron chi connectivity index (χ1n) is 7.46. The van der Waals surface area contributed by atoms with Gasteiger partial charge in [0.1, 0.15) is 6.04 Å². The van der Waals surface area contributed by atoms with Crippen LogP contribution in [0.25, 0.3) is 0 Å². The molecule has 0 bridgehead atoms. The second kappa shape index (κ2) is 6.46. The smallest absolute Gasteiger partial charge is 0.372 e. The summed E-state index contributed by atoms with van der Waals surface area (Å²) >= 11 is 0. The number of alkyl halides is 3. The molecule has 0 spiro atoms. The molecule has 130 valence electrons. The highest BCUT2D eigenvalue weighted by atomic mass is 19.4. The lowest BCUT2D eigenvalue weighted by Gasteiger charge is -2.26. The van der Waals surface area contributed by atoms with Crippen molar-refractivity contribution >= 4 is 28.9 Å². The molecule has 0 radical (unpaired) electrons. The molecule has 0 aromatic heterocycles. The number of rotatable bonds is 3. The highest BCUT2D eigenvalue weighted by Gasteiger charge is 2.30. The Morgan fingerprint density at radius 2 is 1.68 bits per heavy atom.